The van der Waals surface area contributed by atoms with Crippen LogP contribution in [0.4, 0.5) is 0 Å². The van der Waals surface area contributed by atoms with Gasteiger partial charge in [-0.15, -0.1) is 0 Å². The summed E-state index contributed by atoms with van der Waals surface area (Å²) in [6.45, 7) is 16.9. The van der Waals surface area contributed by atoms with Gasteiger partial charge >= 0.3 is 0 Å². The minimum Gasteiger partial charge on any atom is -0.390 e. The molecule has 4 fully saturated rings. The van der Waals surface area contributed by atoms with Gasteiger partial charge in [-0.05, 0) is 123 Å². The van der Waals surface area contributed by atoms with E-state index in [1.54, 1.807) is 0 Å². The van der Waals surface area contributed by atoms with E-state index in [4.69, 9.17) is 0 Å². The number of hydrogen-bond donors (Lipinski definition) is 2. The first kappa shape index (κ1) is 25.0. The lowest BCUT2D eigenvalue weighted by Gasteiger charge is -2.64. The molecule has 4 rings (SSSR count). The molecule has 0 saturated heterocycles. The summed E-state index contributed by atoms with van der Waals surface area (Å²) >= 11 is 0. The molecule has 0 heterocycles. The van der Waals surface area contributed by atoms with Gasteiger partial charge in [-0.2, -0.15) is 0 Å². The molecule has 0 aromatic heterocycles. The highest BCUT2D eigenvalue weighted by molar-refractivity contribution is 5.13. The molecule has 0 spiro atoms. The van der Waals surface area contributed by atoms with E-state index in [9.17, 15) is 10.2 Å². The van der Waals surface area contributed by atoms with Crippen molar-refractivity contribution in [3.63, 3.8) is 0 Å². The van der Waals surface area contributed by atoms with Crippen LogP contribution in [-0.2, 0) is 0 Å². The molecule has 0 amide bonds. The number of rotatable bonds is 6. The maximum absolute atomic E-state index is 11.3. The monoisotopic (exact) mass is 446 g/mol. The smallest absolute Gasteiger partial charge is 0.0910 e. The quantitative estimate of drug-likeness (QED) is 0.444. The third-order valence-electron chi connectivity index (χ3n) is 12.4. The topological polar surface area (TPSA) is 40.5 Å². The molecular formula is C30H54O2. The number of hydrogen-bond acceptors (Lipinski definition) is 2. The Balaban J connectivity index is 1.48. The second-order valence-electron chi connectivity index (χ2n) is 14.0. The molecule has 0 aromatic rings. The molecule has 4 aliphatic rings. The lowest BCUT2D eigenvalue weighted by molar-refractivity contribution is -0.217. The molecule has 4 unspecified atom stereocenters. The summed E-state index contributed by atoms with van der Waals surface area (Å²) in [5, 5.41) is 21.8. The van der Waals surface area contributed by atoms with Gasteiger partial charge in [-0.3, -0.25) is 0 Å². The third kappa shape index (κ3) is 3.82. The maximum atomic E-state index is 11.3. The first-order valence-corrected chi connectivity index (χ1v) is 14.4. The summed E-state index contributed by atoms with van der Waals surface area (Å²) in [6.07, 6.45) is 13.5. The summed E-state index contributed by atoms with van der Waals surface area (Å²) in [5.41, 5.74) is -0.167. The van der Waals surface area contributed by atoms with Crippen LogP contribution in [0.15, 0.2) is 0 Å². The van der Waals surface area contributed by atoms with E-state index in [-0.39, 0.29) is 11.3 Å². The van der Waals surface area contributed by atoms with Crippen LogP contribution < -0.4 is 0 Å². The van der Waals surface area contributed by atoms with Crippen molar-refractivity contribution in [3.8, 4) is 0 Å². The van der Waals surface area contributed by atoms with Crippen molar-refractivity contribution in [2.45, 2.75) is 131 Å². The molecule has 0 aliphatic heterocycles. The van der Waals surface area contributed by atoms with Gasteiger partial charge in [0.05, 0.1) is 11.7 Å². The highest BCUT2D eigenvalue weighted by Crippen LogP contribution is 2.69. The van der Waals surface area contributed by atoms with Crippen LogP contribution in [0.3, 0.4) is 0 Å². The summed E-state index contributed by atoms with van der Waals surface area (Å²) < 4.78 is 0. The van der Waals surface area contributed by atoms with Crippen LogP contribution >= 0.6 is 0 Å². The Bertz CT molecular complexity index is 655. The predicted molar refractivity (Wildman–Crippen MR) is 134 cm³/mol. The number of aliphatic hydroxyl groups excluding tert-OH is 1. The van der Waals surface area contributed by atoms with Gasteiger partial charge in [-0.1, -0.05) is 54.4 Å². The van der Waals surface area contributed by atoms with Gasteiger partial charge in [0.15, 0.2) is 0 Å². The molecule has 11 atom stereocenters. The van der Waals surface area contributed by atoms with Crippen LogP contribution in [0.5, 0.6) is 0 Å². The van der Waals surface area contributed by atoms with Gasteiger partial charge < -0.3 is 10.2 Å². The van der Waals surface area contributed by atoms with Crippen molar-refractivity contribution < 1.29 is 10.2 Å². The van der Waals surface area contributed by atoms with E-state index in [1.807, 2.05) is 6.92 Å². The molecule has 0 bridgehead atoms. The molecular weight excluding hydrogens is 392 g/mol. The first-order valence-electron chi connectivity index (χ1n) is 14.4. The fourth-order valence-electron chi connectivity index (χ4n) is 10.4. The molecule has 0 radical (unpaired) electrons. The Morgan fingerprint density at radius 3 is 2.12 bits per heavy atom. The van der Waals surface area contributed by atoms with Crippen LogP contribution in [0, 0.1) is 58.2 Å². The highest BCUT2D eigenvalue weighted by Gasteiger charge is 2.64. The van der Waals surface area contributed by atoms with Crippen molar-refractivity contribution in [1.29, 1.82) is 0 Å². The standard InChI is InChI=1S/C30H54O2/c1-8-21(19(2)3)10-9-20(4)23-12-13-24-22-11-14-26-29(6,18-16-27(31)30(26,7)32)25(22)15-17-28(23,24)5/h19-27,31-32H,8-18H2,1-7H3/t20-,21+,22?,23?,24?,25?,26-,27+,28-,29-,30-/m1/s1. The van der Waals surface area contributed by atoms with E-state index in [2.05, 4.69) is 41.5 Å². The zero-order chi connectivity index (χ0) is 23.5. The molecule has 32 heavy (non-hydrogen) atoms. The van der Waals surface area contributed by atoms with E-state index in [1.165, 1.54) is 51.4 Å². The molecule has 2 N–H and O–H groups in total. The molecule has 2 heteroatoms. The van der Waals surface area contributed by atoms with Crippen molar-refractivity contribution in [1.82, 2.24) is 0 Å². The van der Waals surface area contributed by atoms with E-state index in [0.29, 0.717) is 5.41 Å². The molecule has 2 nitrogen and oxygen atoms in total. The average molecular weight is 447 g/mol. The Hall–Kier alpha value is -0.0800. The lowest BCUT2D eigenvalue weighted by atomic mass is 9.42. The summed E-state index contributed by atoms with van der Waals surface area (Å²) in [6, 6.07) is 0. The zero-order valence-electron chi connectivity index (χ0n) is 22.4. The van der Waals surface area contributed by atoms with Crippen LogP contribution in [-0.4, -0.2) is 21.9 Å². The van der Waals surface area contributed by atoms with Crippen molar-refractivity contribution in [3.05, 3.63) is 0 Å². The van der Waals surface area contributed by atoms with Gasteiger partial charge in [0, 0.05) is 0 Å². The molecule has 186 valence electrons. The second kappa shape index (κ2) is 8.85. The fourth-order valence-corrected chi connectivity index (χ4v) is 10.4. The van der Waals surface area contributed by atoms with Gasteiger partial charge in [0.1, 0.15) is 0 Å². The number of aliphatic hydroxyl groups is 2. The minimum atomic E-state index is -0.905. The normalized spacial score (nSPS) is 50.4. The molecule has 4 aliphatic carbocycles. The molecule has 0 aromatic carbocycles. The van der Waals surface area contributed by atoms with E-state index < -0.39 is 11.7 Å². The summed E-state index contributed by atoms with van der Waals surface area (Å²) in [4.78, 5) is 0. The first-order chi connectivity index (χ1) is 15.0. The fraction of sp³-hybridized carbons (Fsp3) is 1.00. The van der Waals surface area contributed by atoms with Crippen LogP contribution in [0.1, 0.15) is 119 Å². The Kier molecular flexibility index (Phi) is 6.92. The number of fused-ring (bicyclic) bond motifs is 5. The van der Waals surface area contributed by atoms with Crippen LogP contribution in [0.2, 0.25) is 0 Å². The minimum absolute atomic E-state index is 0.211. The van der Waals surface area contributed by atoms with Crippen molar-refractivity contribution >= 4 is 0 Å². The predicted octanol–water partition coefficient (Wildman–Crippen LogP) is 7.47. The van der Waals surface area contributed by atoms with E-state index >= 15 is 0 Å². The Morgan fingerprint density at radius 2 is 1.47 bits per heavy atom. The maximum Gasteiger partial charge on any atom is 0.0910 e. The molecule has 4 saturated carbocycles. The SMILES string of the molecule is CC[C@@H](CC[C@@H](C)C1CCC2C3CC[C@H]4[C@@](C)(O)[C@@H](O)CC[C@]4(C)C3CC[C@@]21C)C(C)C. The van der Waals surface area contributed by atoms with Gasteiger partial charge in [0.2, 0.25) is 0 Å². The lowest BCUT2D eigenvalue weighted by Crippen LogP contribution is -2.63. The van der Waals surface area contributed by atoms with Gasteiger partial charge in [-0.25, -0.2) is 0 Å². The Morgan fingerprint density at radius 1 is 0.812 bits per heavy atom. The van der Waals surface area contributed by atoms with Gasteiger partial charge in [0.25, 0.3) is 0 Å². The van der Waals surface area contributed by atoms with Crippen molar-refractivity contribution in [2.75, 3.05) is 0 Å². The third-order valence-corrected chi connectivity index (χ3v) is 12.4. The van der Waals surface area contributed by atoms with Crippen molar-refractivity contribution in [2.24, 2.45) is 58.2 Å². The zero-order valence-corrected chi connectivity index (χ0v) is 22.4. The average Bonchev–Trinajstić information content (AvgIpc) is 3.08. The largest absolute Gasteiger partial charge is 0.390 e. The second-order valence-corrected chi connectivity index (χ2v) is 14.0. The highest BCUT2D eigenvalue weighted by atomic mass is 16.3. The van der Waals surface area contributed by atoms with E-state index in [0.717, 1.165) is 60.7 Å². The summed E-state index contributed by atoms with van der Waals surface area (Å²) in [5.74, 6) is 6.21. The summed E-state index contributed by atoms with van der Waals surface area (Å²) in [7, 11) is 0. The van der Waals surface area contributed by atoms with Crippen LogP contribution in [0.25, 0.3) is 0 Å². The Labute approximate surface area is 199 Å².